The Hall–Kier alpha value is -1.88. The van der Waals surface area contributed by atoms with Crippen LogP contribution in [0.1, 0.15) is 61.9 Å². The first kappa shape index (κ1) is 20.4. The third-order valence-electron chi connectivity index (χ3n) is 5.17. The van der Waals surface area contributed by atoms with Crippen molar-refractivity contribution in [3.05, 3.63) is 35.4 Å². The summed E-state index contributed by atoms with van der Waals surface area (Å²) < 4.78 is 0. The smallest absolute Gasteiger partial charge is 0.303 e. The number of nitrogens with zero attached hydrogens (tertiary/aromatic N) is 2. The van der Waals surface area contributed by atoms with Crippen LogP contribution < -0.4 is 0 Å². The van der Waals surface area contributed by atoms with E-state index in [0.717, 1.165) is 51.0 Å². The molecule has 1 amide bonds. The van der Waals surface area contributed by atoms with Crippen LogP contribution in [0, 0.1) is 5.92 Å². The Balaban J connectivity index is 1.93. The first-order valence-electron chi connectivity index (χ1n) is 9.85. The van der Waals surface area contributed by atoms with E-state index in [1.54, 1.807) is 0 Å². The van der Waals surface area contributed by atoms with Gasteiger partial charge in [0.2, 0.25) is 0 Å². The molecule has 1 fully saturated rings. The number of rotatable bonds is 9. The van der Waals surface area contributed by atoms with E-state index in [1.807, 2.05) is 17.0 Å². The molecular weight excluding hydrogens is 328 g/mol. The lowest BCUT2D eigenvalue weighted by atomic mass is 9.93. The second-order valence-corrected chi connectivity index (χ2v) is 7.26. The summed E-state index contributed by atoms with van der Waals surface area (Å²) in [4.78, 5) is 27.8. The maximum absolute atomic E-state index is 12.8. The standard InChI is InChI=1S/C21H32N2O3/c1-3-13-22(4-2)15-18-7-10-19(11-8-18)21(26)23-14-5-6-17(16-23)9-12-20(24)25/h7-8,10-11,17H,3-6,9,12-16H2,1-2H3,(H,24,25). The summed E-state index contributed by atoms with van der Waals surface area (Å²) in [5, 5.41) is 8.85. The Morgan fingerprint density at radius 1 is 1.23 bits per heavy atom. The van der Waals surface area contributed by atoms with Gasteiger partial charge in [-0.2, -0.15) is 0 Å². The summed E-state index contributed by atoms with van der Waals surface area (Å²) in [5.41, 5.74) is 1.96. The van der Waals surface area contributed by atoms with Crippen molar-refractivity contribution < 1.29 is 14.7 Å². The lowest BCUT2D eigenvalue weighted by Crippen LogP contribution is -2.40. The SMILES string of the molecule is CCCN(CC)Cc1ccc(C(=O)N2CCCC(CCC(=O)O)C2)cc1. The molecule has 1 heterocycles. The van der Waals surface area contributed by atoms with Crippen LogP contribution in [-0.2, 0) is 11.3 Å². The minimum absolute atomic E-state index is 0.0671. The van der Waals surface area contributed by atoms with E-state index in [4.69, 9.17) is 5.11 Å². The molecule has 0 radical (unpaired) electrons. The van der Waals surface area contributed by atoms with Crippen molar-refractivity contribution in [2.24, 2.45) is 5.92 Å². The van der Waals surface area contributed by atoms with Gasteiger partial charge in [-0.05, 0) is 62.4 Å². The molecule has 26 heavy (non-hydrogen) atoms. The second-order valence-electron chi connectivity index (χ2n) is 7.26. The van der Waals surface area contributed by atoms with Crippen LogP contribution in [0.5, 0.6) is 0 Å². The van der Waals surface area contributed by atoms with Crippen molar-refractivity contribution in [2.75, 3.05) is 26.2 Å². The molecule has 5 heteroatoms. The van der Waals surface area contributed by atoms with Gasteiger partial charge >= 0.3 is 5.97 Å². The third-order valence-corrected chi connectivity index (χ3v) is 5.17. The van der Waals surface area contributed by atoms with E-state index >= 15 is 0 Å². The number of carboxylic acid groups (broad SMARTS) is 1. The lowest BCUT2D eigenvalue weighted by molar-refractivity contribution is -0.137. The highest BCUT2D eigenvalue weighted by Gasteiger charge is 2.24. The molecule has 0 aliphatic carbocycles. The number of amides is 1. The van der Waals surface area contributed by atoms with E-state index in [-0.39, 0.29) is 12.3 Å². The molecule has 2 rings (SSSR count). The zero-order valence-electron chi connectivity index (χ0n) is 16.1. The second kappa shape index (κ2) is 10.3. The van der Waals surface area contributed by atoms with E-state index in [2.05, 4.69) is 30.9 Å². The highest BCUT2D eigenvalue weighted by molar-refractivity contribution is 5.94. The Morgan fingerprint density at radius 2 is 1.96 bits per heavy atom. The van der Waals surface area contributed by atoms with Gasteiger partial charge in [0.05, 0.1) is 0 Å². The number of aliphatic carboxylic acids is 1. The van der Waals surface area contributed by atoms with E-state index < -0.39 is 5.97 Å². The van der Waals surface area contributed by atoms with Gasteiger partial charge in [-0.25, -0.2) is 0 Å². The summed E-state index contributed by atoms with van der Waals surface area (Å²) in [6, 6.07) is 7.96. The molecule has 1 aromatic carbocycles. The predicted octanol–water partition coefficient (Wildman–Crippen LogP) is 3.64. The van der Waals surface area contributed by atoms with Crippen molar-refractivity contribution in [1.82, 2.24) is 9.80 Å². The molecule has 0 spiro atoms. The fourth-order valence-corrected chi connectivity index (χ4v) is 3.67. The zero-order valence-corrected chi connectivity index (χ0v) is 16.1. The molecule has 1 aromatic rings. The fraction of sp³-hybridized carbons (Fsp3) is 0.619. The summed E-state index contributed by atoms with van der Waals surface area (Å²) in [6.45, 7) is 8.83. The van der Waals surface area contributed by atoms with Crippen LogP contribution >= 0.6 is 0 Å². The maximum Gasteiger partial charge on any atom is 0.303 e. The van der Waals surface area contributed by atoms with Crippen molar-refractivity contribution in [1.29, 1.82) is 0 Å². The summed E-state index contributed by atoms with van der Waals surface area (Å²) >= 11 is 0. The largest absolute Gasteiger partial charge is 0.481 e. The van der Waals surface area contributed by atoms with Crippen LogP contribution in [0.2, 0.25) is 0 Å². The monoisotopic (exact) mass is 360 g/mol. The summed E-state index contributed by atoms with van der Waals surface area (Å²) in [7, 11) is 0. The van der Waals surface area contributed by atoms with Crippen LogP contribution in [-0.4, -0.2) is 53.0 Å². The normalized spacial score (nSPS) is 17.5. The van der Waals surface area contributed by atoms with Crippen LogP contribution in [0.15, 0.2) is 24.3 Å². The van der Waals surface area contributed by atoms with E-state index in [0.29, 0.717) is 18.9 Å². The number of hydrogen-bond donors (Lipinski definition) is 1. The Morgan fingerprint density at radius 3 is 2.58 bits per heavy atom. The molecule has 1 saturated heterocycles. The topological polar surface area (TPSA) is 60.9 Å². The van der Waals surface area contributed by atoms with Crippen molar-refractivity contribution in [2.45, 2.75) is 52.5 Å². The number of carbonyl (C=O) groups is 2. The van der Waals surface area contributed by atoms with Crippen molar-refractivity contribution >= 4 is 11.9 Å². The molecule has 1 aliphatic heterocycles. The molecule has 0 aromatic heterocycles. The number of carbonyl (C=O) groups excluding carboxylic acids is 1. The first-order valence-corrected chi connectivity index (χ1v) is 9.85. The Labute approximate surface area is 157 Å². The van der Waals surface area contributed by atoms with Gasteiger partial charge in [0.1, 0.15) is 0 Å². The molecule has 1 aliphatic rings. The minimum Gasteiger partial charge on any atom is -0.481 e. The Bertz CT molecular complexity index is 585. The first-order chi connectivity index (χ1) is 12.5. The van der Waals surface area contributed by atoms with Gasteiger partial charge in [-0.1, -0.05) is 26.0 Å². The van der Waals surface area contributed by atoms with Crippen molar-refractivity contribution in [3.8, 4) is 0 Å². The van der Waals surface area contributed by atoms with Gasteiger partial charge < -0.3 is 10.0 Å². The fourth-order valence-electron chi connectivity index (χ4n) is 3.67. The molecule has 1 unspecified atom stereocenters. The molecule has 0 saturated carbocycles. The number of carboxylic acids is 1. The lowest BCUT2D eigenvalue weighted by Gasteiger charge is -2.32. The Kier molecular flexibility index (Phi) is 8.10. The van der Waals surface area contributed by atoms with Gasteiger partial charge in [-0.15, -0.1) is 0 Å². The average molecular weight is 360 g/mol. The van der Waals surface area contributed by atoms with E-state index in [1.165, 1.54) is 5.56 Å². The molecule has 5 nitrogen and oxygen atoms in total. The maximum atomic E-state index is 12.8. The van der Waals surface area contributed by atoms with Gasteiger partial charge in [0.15, 0.2) is 0 Å². The number of likely N-dealkylation sites (tertiary alicyclic amines) is 1. The number of piperidine rings is 1. The van der Waals surface area contributed by atoms with Crippen molar-refractivity contribution in [3.63, 3.8) is 0 Å². The molecular formula is C21H32N2O3. The van der Waals surface area contributed by atoms with Gasteiger partial charge in [0.25, 0.3) is 5.91 Å². The molecule has 144 valence electrons. The number of hydrogen-bond acceptors (Lipinski definition) is 3. The summed E-state index contributed by atoms with van der Waals surface area (Å²) in [6.07, 6.45) is 3.95. The van der Waals surface area contributed by atoms with Gasteiger partial charge in [0, 0.05) is 31.6 Å². The highest BCUT2D eigenvalue weighted by atomic mass is 16.4. The minimum atomic E-state index is -0.756. The quantitative estimate of drug-likeness (QED) is 0.730. The zero-order chi connectivity index (χ0) is 18.9. The molecule has 1 atom stereocenters. The molecule has 0 bridgehead atoms. The highest BCUT2D eigenvalue weighted by Crippen LogP contribution is 2.22. The predicted molar refractivity (Wildman–Crippen MR) is 103 cm³/mol. The van der Waals surface area contributed by atoms with Gasteiger partial charge in [-0.3, -0.25) is 14.5 Å². The van der Waals surface area contributed by atoms with E-state index in [9.17, 15) is 9.59 Å². The van der Waals surface area contributed by atoms with Crippen LogP contribution in [0.3, 0.4) is 0 Å². The van der Waals surface area contributed by atoms with Crippen LogP contribution in [0.4, 0.5) is 0 Å². The summed E-state index contributed by atoms with van der Waals surface area (Å²) in [5.74, 6) is -0.388. The average Bonchev–Trinajstić information content (AvgIpc) is 2.66. The van der Waals surface area contributed by atoms with Crippen LogP contribution in [0.25, 0.3) is 0 Å². The number of benzene rings is 1. The molecule has 1 N–H and O–H groups in total. The third kappa shape index (κ3) is 6.13.